The molecule has 2 aromatic rings. The van der Waals surface area contributed by atoms with Gasteiger partial charge in [0.2, 0.25) is 10.0 Å². The van der Waals surface area contributed by atoms with Gasteiger partial charge in [0.15, 0.2) is 6.39 Å². The van der Waals surface area contributed by atoms with Crippen LogP contribution in [0.25, 0.3) is 0 Å². The third-order valence-electron chi connectivity index (χ3n) is 2.20. The van der Waals surface area contributed by atoms with Crippen LogP contribution in [-0.4, -0.2) is 13.4 Å². The SMILES string of the molecule is NS(=O)(=O)c1ccc(Cl)c(NCc2cnco2)c1. The smallest absolute Gasteiger partial charge is 0.238 e. The highest BCUT2D eigenvalue weighted by Gasteiger charge is 2.10. The van der Waals surface area contributed by atoms with Crippen LogP contribution < -0.4 is 10.5 Å². The van der Waals surface area contributed by atoms with Crippen molar-refractivity contribution in [2.24, 2.45) is 5.14 Å². The van der Waals surface area contributed by atoms with Gasteiger partial charge in [0, 0.05) is 0 Å². The van der Waals surface area contributed by atoms with E-state index in [9.17, 15) is 8.42 Å². The average molecular weight is 288 g/mol. The van der Waals surface area contributed by atoms with Gasteiger partial charge in [-0.05, 0) is 18.2 Å². The second-order valence-electron chi connectivity index (χ2n) is 3.51. The standard InChI is InChI=1S/C10H10ClN3O3S/c11-9-2-1-8(18(12,15)16)3-10(9)14-5-7-4-13-6-17-7/h1-4,6,14H,5H2,(H2,12,15,16). The zero-order valence-electron chi connectivity index (χ0n) is 9.13. The van der Waals surface area contributed by atoms with Crippen LogP contribution in [0.1, 0.15) is 5.76 Å². The molecule has 0 aliphatic carbocycles. The Morgan fingerprint density at radius 3 is 2.83 bits per heavy atom. The molecule has 0 saturated carbocycles. The van der Waals surface area contributed by atoms with Gasteiger partial charge in [-0.3, -0.25) is 0 Å². The van der Waals surface area contributed by atoms with Gasteiger partial charge >= 0.3 is 0 Å². The molecule has 0 aliphatic rings. The molecular weight excluding hydrogens is 278 g/mol. The molecule has 3 N–H and O–H groups in total. The van der Waals surface area contributed by atoms with Gasteiger partial charge in [-0.2, -0.15) is 0 Å². The quantitative estimate of drug-likeness (QED) is 0.890. The summed E-state index contributed by atoms with van der Waals surface area (Å²) >= 11 is 5.94. The highest BCUT2D eigenvalue weighted by atomic mass is 35.5. The topological polar surface area (TPSA) is 98.2 Å². The third-order valence-corrected chi connectivity index (χ3v) is 3.44. The number of anilines is 1. The number of nitrogens with one attached hydrogen (secondary N) is 1. The zero-order valence-corrected chi connectivity index (χ0v) is 10.7. The minimum absolute atomic E-state index is 0.00744. The van der Waals surface area contributed by atoms with Crippen LogP contribution in [0.2, 0.25) is 5.02 Å². The summed E-state index contributed by atoms with van der Waals surface area (Å²) in [6.45, 7) is 0.341. The average Bonchev–Trinajstić information content (AvgIpc) is 2.79. The van der Waals surface area contributed by atoms with E-state index in [0.29, 0.717) is 23.0 Å². The molecule has 0 bridgehead atoms. The Balaban J connectivity index is 2.22. The number of primary sulfonamides is 1. The van der Waals surface area contributed by atoms with Gasteiger partial charge in [0.05, 0.1) is 28.3 Å². The molecule has 1 aromatic carbocycles. The van der Waals surface area contributed by atoms with E-state index >= 15 is 0 Å². The number of oxazole rings is 1. The van der Waals surface area contributed by atoms with E-state index in [-0.39, 0.29) is 4.90 Å². The third kappa shape index (κ3) is 3.00. The molecule has 0 atom stereocenters. The fourth-order valence-corrected chi connectivity index (χ4v) is 2.05. The summed E-state index contributed by atoms with van der Waals surface area (Å²) in [5, 5.41) is 8.37. The lowest BCUT2D eigenvalue weighted by Crippen LogP contribution is -2.12. The van der Waals surface area contributed by atoms with E-state index < -0.39 is 10.0 Å². The summed E-state index contributed by atoms with van der Waals surface area (Å²) < 4.78 is 27.4. The van der Waals surface area contributed by atoms with Gasteiger partial charge in [-0.15, -0.1) is 0 Å². The van der Waals surface area contributed by atoms with Crippen molar-refractivity contribution in [2.75, 3.05) is 5.32 Å². The fraction of sp³-hybridized carbons (Fsp3) is 0.100. The first kappa shape index (κ1) is 12.9. The predicted octanol–water partition coefficient (Wildman–Crippen LogP) is 1.59. The molecule has 0 amide bonds. The summed E-state index contributed by atoms with van der Waals surface area (Å²) in [5.74, 6) is 0.604. The Hall–Kier alpha value is -1.57. The van der Waals surface area contributed by atoms with Gasteiger partial charge in [-0.25, -0.2) is 18.5 Å². The van der Waals surface area contributed by atoms with Crippen LogP contribution in [0.3, 0.4) is 0 Å². The van der Waals surface area contributed by atoms with Crippen LogP contribution in [0.4, 0.5) is 5.69 Å². The number of hydrogen-bond donors (Lipinski definition) is 2. The highest BCUT2D eigenvalue weighted by molar-refractivity contribution is 7.89. The highest BCUT2D eigenvalue weighted by Crippen LogP contribution is 2.25. The largest absolute Gasteiger partial charge is 0.447 e. The van der Waals surface area contributed by atoms with Crippen molar-refractivity contribution in [1.82, 2.24) is 4.98 Å². The molecule has 1 heterocycles. The summed E-state index contributed by atoms with van der Waals surface area (Å²) in [7, 11) is -3.75. The number of nitrogens with two attached hydrogens (primary N) is 1. The van der Waals surface area contributed by atoms with E-state index in [1.807, 2.05) is 0 Å². The van der Waals surface area contributed by atoms with Crippen molar-refractivity contribution < 1.29 is 12.8 Å². The number of benzene rings is 1. The molecule has 0 unspecified atom stereocenters. The number of hydrogen-bond acceptors (Lipinski definition) is 5. The molecule has 0 spiro atoms. The predicted molar refractivity (Wildman–Crippen MR) is 66.7 cm³/mol. The van der Waals surface area contributed by atoms with Crippen LogP contribution >= 0.6 is 11.6 Å². The van der Waals surface area contributed by atoms with Gasteiger partial charge < -0.3 is 9.73 Å². The number of aromatic nitrogens is 1. The number of nitrogens with zero attached hydrogens (tertiary/aromatic N) is 1. The molecule has 6 nitrogen and oxygen atoms in total. The molecule has 96 valence electrons. The van der Waals surface area contributed by atoms with E-state index in [2.05, 4.69) is 10.3 Å². The second kappa shape index (κ2) is 4.97. The molecule has 18 heavy (non-hydrogen) atoms. The van der Waals surface area contributed by atoms with Crippen LogP contribution in [0.15, 0.2) is 40.1 Å². The van der Waals surface area contributed by atoms with E-state index in [0.717, 1.165) is 0 Å². The molecule has 0 aliphatic heterocycles. The van der Waals surface area contributed by atoms with Crippen LogP contribution in [0.5, 0.6) is 0 Å². The second-order valence-corrected chi connectivity index (χ2v) is 5.48. The van der Waals surface area contributed by atoms with Crippen molar-refractivity contribution in [3.05, 3.63) is 41.6 Å². The van der Waals surface area contributed by atoms with Crippen LogP contribution in [0, 0.1) is 0 Å². The Kier molecular flexibility index (Phi) is 3.55. The van der Waals surface area contributed by atoms with Crippen molar-refractivity contribution in [1.29, 1.82) is 0 Å². The fourth-order valence-electron chi connectivity index (χ4n) is 1.33. The molecule has 8 heteroatoms. The number of halogens is 1. The zero-order chi connectivity index (χ0) is 13.2. The van der Waals surface area contributed by atoms with E-state index in [1.54, 1.807) is 6.20 Å². The summed E-state index contributed by atoms with van der Waals surface area (Å²) in [5.41, 5.74) is 0.458. The van der Waals surface area contributed by atoms with Crippen molar-refractivity contribution in [2.45, 2.75) is 11.4 Å². The van der Waals surface area contributed by atoms with Crippen molar-refractivity contribution in [3.8, 4) is 0 Å². The molecule has 0 radical (unpaired) electrons. The summed E-state index contributed by atoms with van der Waals surface area (Å²) in [6, 6.07) is 4.18. The molecule has 2 rings (SSSR count). The normalized spacial score (nSPS) is 11.4. The molecular formula is C10H10ClN3O3S. The van der Waals surface area contributed by atoms with E-state index in [1.165, 1.54) is 24.6 Å². The Labute approximate surface area is 109 Å². The lowest BCUT2D eigenvalue weighted by atomic mass is 10.3. The van der Waals surface area contributed by atoms with E-state index in [4.69, 9.17) is 21.2 Å². The first-order valence-corrected chi connectivity index (χ1v) is 6.83. The maximum Gasteiger partial charge on any atom is 0.238 e. The number of rotatable bonds is 4. The minimum Gasteiger partial charge on any atom is -0.447 e. The first-order chi connectivity index (χ1) is 8.47. The molecule has 0 fully saturated rings. The minimum atomic E-state index is -3.75. The Morgan fingerprint density at radius 1 is 1.44 bits per heavy atom. The summed E-state index contributed by atoms with van der Waals surface area (Å²) in [6.07, 6.45) is 2.85. The lowest BCUT2D eigenvalue weighted by Gasteiger charge is -2.08. The van der Waals surface area contributed by atoms with Crippen molar-refractivity contribution in [3.63, 3.8) is 0 Å². The van der Waals surface area contributed by atoms with Crippen molar-refractivity contribution >= 4 is 27.3 Å². The lowest BCUT2D eigenvalue weighted by molar-refractivity contribution is 0.512. The molecule has 1 aromatic heterocycles. The monoisotopic (exact) mass is 287 g/mol. The Morgan fingerprint density at radius 2 is 2.22 bits per heavy atom. The van der Waals surface area contributed by atoms with Gasteiger partial charge in [0.25, 0.3) is 0 Å². The first-order valence-electron chi connectivity index (χ1n) is 4.90. The number of sulfonamides is 1. The van der Waals surface area contributed by atoms with Gasteiger partial charge in [0.1, 0.15) is 5.76 Å². The maximum atomic E-state index is 11.2. The molecule has 0 saturated heterocycles. The van der Waals surface area contributed by atoms with Crippen LogP contribution in [-0.2, 0) is 16.6 Å². The Bertz CT molecular complexity index is 640. The van der Waals surface area contributed by atoms with Gasteiger partial charge in [-0.1, -0.05) is 11.6 Å². The summed E-state index contributed by atoms with van der Waals surface area (Å²) in [4.78, 5) is 3.75. The maximum absolute atomic E-state index is 11.2.